The average molecular weight is 338 g/mol. The predicted octanol–water partition coefficient (Wildman–Crippen LogP) is 1.36. The fraction of sp³-hybridized carbons (Fsp3) is 0.429. The number of halogens is 1. The van der Waals surface area contributed by atoms with Crippen LogP contribution >= 0.6 is 15.9 Å². The van der Waals surface area contributed by atoms with Gasteiger partial charge in [0.2, 0.25) is 11.8 Å². The third-order valence-corrected chi connectivity index (χ3v) is 4.31. The maximum absolute atomic E-state index is 12.4. The lowest BCUT2D eigenvalue weighted by molar-refractivity contribution is -0.154. The van der Waals surface area contributed by atoms with Crippen LogP contribution in [0.2, 0.25) is 0 Å². The Hall–Kier alpha value is -1.56. The van der Waals surface area contributed by atoms with Crippen LogP contribution in [0.5, 0.6) is 0 Å². The zero-order valence-electron chi connectivity index (χ0n) is 11.0. The molecule has 2 saturated heterocycles. The second kappa shape index (κ2) is 5.09. The molecule has 0 bridgehead atoms. The summed E-state index contributed by atoms with van der Waals surface area (Å²) in [7, 11) is 0. The Labute approximate surface area is 125 Å². The smallest absolute Gasteiger partial charge is 0.246 e. The zero-order valence-corrected chi connectivity index (χ0v) is 12.6. The van der Waals surface area contributed by atoms with Crippen LogP contribution in [0.1, 0.15) is 18.4 Å². The van der Waals surface area contributed by atoms with E-state index in [0.29, 0.717) is 18.8 Å². The Morgan fingerprint density at radius 3 is 2.85 bits per heavy atom. The Balaban J connectivity index is 1.80. The van der Waals surface area contributed by atoms with Gasteiger partial charge in [0.05, 0.1) is 0 Å². The number of nitrogen functional groups attached to an aromatic ring is 1. The van der Waals surface area contributed by atoms with Crippen molar-refractivity contribution >= 4 is 33.4 Å². The van der Waals surface area contributed by atoms with Crippen LogP contribution in [0.3, 0.4) is 0 Å². The number of carbonyl (C=O) groups is 2. The fourth-order valence-electron chi connectivity index (χ4n) is 2.99. The van der Waals surface area contributed by atoms with Crippen molar-refractivity contribution in [2.75, 3.05) is 18.8 Å². The summed E-state index contributed by atoms with van der Waals surface area (Å²) in [4.78, 5) is 27.8. The van der Waals surface area contributed by atoms with Crippen LogP contribution in [0, 0.1) is 0 Å². The second-order valence-electron chi connectivity index (χ2n) is 5.33. The molecule has 2 amide bonds. The minimum absolute atomic E-state index is 0.0510. The van der Waals surface area contributed by atoms with Crippen molar-refractivity contribution < 1.29 is 9.59 Å². The molecule has 2 heterocycles. The quantitative estimate of drug-likeness (QED) is 0.828. The van der Waals surface area contributed by atoms with Crippen molar-refractivity contribution in [3.8, 4) is 0 Å². The number of piperazine rings is 1. The molecule has 2 fully saturated rings. The molecule has 3 rings (SSSR count). The Bertz CT molecular complexity index is 555. The molecular weight excluding hydrogens is 322 g/mol. The van der Waals surface area contributed by atoms with E-state index in [1.807, 2.05) is 18.2 Å². The molecule has 0 radical (unpaired) electrons. The summed E-state index contributed by atoms with van der Waals surface area (Å²) >= 11 is 3.39. The highest BCUT2D eigenvalue weighted by Crippen LogP contribution is 2.25. The summed E-state index contributed by atoms with van der Waals surface area (Å²) in [6, 6.07) is 5.32. The highest BCUT2D eigenvalue weighted by molar-refractivity contribution is 9.10. The molecule has 2 N–H and O–H groups in total. The van der Waals surface area contributed by atoms with Crippen LogP contribution in [-0.2, 0) is 16.1 Å². The van der Waals surface area contributed by atoms with Gasteiger partial charge in [0.15, 0.2) is 0 Å². The number of nitrogens with two attached hydrogens (primary N) is 1. The van der Waals surface area contributed by atoms with Crippen LogP contribution in [0.25, 0.3) is 0 Å². The predicted molar refractivity (Wildman–Crippen MR) is 78.7 cm³/mol. The summed E-state index contributed by atoms with van der Waals surface area (Å²) in [5.74, 6) is 0.107. The summed E-state index contributed by atoms with van der Waals surface area (Å²) in [6.45, 7) is 1.31. The van der Waals surface area contributed by atoms with Crippen LogP contribution in [-0.4, -0.2) is 40.7 Å². The zero-order chi connectivity index (χ0) is 14.3. The second-order valence-corrected chi connectivity index (χ2v) is 6.25. The van der Waals surface area contributed by atoms with Crippen LogP contribution in [0.15, 0.2) is 22.7 Å². The van der Waals surface area contributed by atoms with Crippen molar-refractivity contribution in [1.82, 2.24) is 9.80 Å². The van der Waals surface area contributed by atoms with Gasteiger partial charge in [0.25, 0.3) is 0 Å². The molecule has 1 unspecified atom stereocenters. The molecule has 5 nitrogen and oxygen atoms in total. The number of benzene rings is 1. The van der Waals surface area contributed by atoms with Gasteiger partial charge in [0, 0.05) is 23.2 Å². The standard InChI is InChI=1S/C14H16BrN3O2/c15-10-4-9(5-11(16)6-10)7-17-8-13(19)18-3-1-2-12(18)14(17)20/h4-6,12H,1-3,7-8,16H2. The Morgan fingerprint density at radius 1 is 1.30 bits per heavy atom. The van der Waals surface area contributed by atoms with Crippen molar-refractivity contribution in [3.63, 3.8) is 0 Å². The molecule has 0 aliphatic carbocycles. The Morgan fingerprint density at radius 2 is 2.10 bits per heavy atom. The number of carbonyl (C=O) groups excluding carboxylic acids is 2. The molecule has 1 aromatic carbocycles. The number of rotatable bonds is 2. The maximum Gasteiger partial charge on any atom is 0.246 e. The van der Waals surface area contributed by atoms with Gasteiger partial charge in [-0.2, -0.15) is 0 Å². The summed E-state index contributed by atoms with van der Waals surface area (Å²) < 4.78 is 0.880. The van der Waals surface area contributed by atoms with Crippen molar-refractivity contribution in [2.24, 2.45) is 0 Å². The summed E-state index contributed by atoms with van der Waals surface area (Å²) in [5, 5.41) is 0. The van der Waals surface area contributed by atoms with E-state index in [-0.39, 0.29) is 24.4 Å². The van der Waals surface area contributed by atoms with E-state index in [0.717, 1.165) is 22.9 Å². The first-order valence-corrected chi connectivity index (χ1v) is 7.47. The monoisotopic (exact) mass is 337 g/mol. The van der Waals surface area contributed by atoms with Crippen molar-refractivity contribution in [2.45, 2.75) is 25.4 Å². The van der Waals surface area contributed by atoms with E-state index in [4.69, 9.17) is 5.73 Å². The topological polar surface area (TPSA) is 66.6 Å². The number of amides is 2. The summed E-state index contributed by atoms with van der Waals surface area (Å²) in [5.41, 5.74) is 7.38. The van der Waals surface area contributed by atoms with E-state index in [2.05, 4.69) is 15.9 Å². The normalized spacial score (nSPS) is 22.4. The molecule has 0 aromatic heterocycles. The first-order chi connectivity index (χ1) is 9.54. The van der Waals surface area contributed by atoms with E-state index < -0.39 is 0 Å². The largest absolute Gasteiger partial charge is 0.399 e. The lowest BCUT2D eigenvalue weighted by Gasteiger charge is -2.36. The number of anilines is 1. The minimum atomic E-state index is -0.249. The molecule has 1 aromatic rings. The molecule has 0 saturated carbocycles. The Kier molecular flexibility index (Phi) is 3.41. The first-order valence-electron chi connectivity index (χ1n) is 6.68. The van der Waals surface area contributed by atoms with Crippen LogP contribution in [0.4, 0.5) is 5.69 Å². The van der Waals surface area contributed by atoms with Gasteiger partial charge in [-0.3, -0.25) is 9.59 Å². The van der Waals surface area contributed by atoms with E-state index in [1.54, 1.807) is 9.80 Å². The van der Waals surface area contributed by atoms with Crippen molar-refractivity contribution in [3.05, 3.63) is 28.2 Å². The number of fused-ring (bicyclic) bond motifs is 1. The minimum Gasteiger partial charge on any atom is -0.399 e. The molecule has 2 aliphatic heterocycles. The van der Waals surface area contributed by atoms with Gasteiger partial charge in [-0.25, -0.2) is 0 Å². The summed E-state index contributed by atoms with van der Waals surface area (Å²) in [6.07, 6.45) is 1.70. The number of hydrogen-bond acceptors (Lipinski definition) is 3. The third kappa shape index (κ3) is 2.40. The molecule has 0 spiro atoms. The SMILES string of the molecule is Nc1cc(Br)cc(CN2CC(=O)N3CCCC3C2=O)c1. The lowest BCUT2D eigenvalue weighted by Crippen LogP contribution is -2.56. The highest BCUT2D eigenvalue weighted by atomic mass is 79.9. The average Bonchev–Trinajstić information content (AvgIpc) is 2.84. The lowest BCUT2D eigenvalue weighted by atomic mass is 10.1. The van der Waals surface area contributed by atoms with E-state index >= 15 is 0 Å². The van der Waals surface area contributed by atoms with E-state index in [9.17, 15) is 9.59 Å². The molecule has 2 aliphatic rings. The highest BCUT2D eigenvalue weighted by Gasteiger charge is 2.41. The van der Waals surface area contributed by atoms with Gasteiger partial charge < -0.3 is 15.5 Å². The molecule has 1 atom stereocenters. The van der Waals surface area contributed by atoms with Crippen LogP contribution < -0.4 is 5.73 Å². The molecule has 6 heteroatoms. The van der Waals surface area contributed by atoms with Gasteiger partial charge >= 0.3 is 0 Å². The molecule has 106 valence electrons. The third-order valence-electron chi connectivity index (χ3n) is 3.85. The van der Waals surface area contributed by atoms with Gasteiger partial charge in [-0.05, 0) is 36.6 Å². The van der Waals surface area contributed by atoms with Gasteiger partial charge in [0.1, 0.15) is 12.6 Å². The van der Waals surface area contributed by atoms with Crippen molar-refractivity contribution in [1.29, 1.82) is 0 Å². The maximum atomic E-state index is 12.4. The fourth-order valence-corrected chi connectivity index (χ4v) is 3.54. The van der Waals surface area contributed by atoms with Gasteiger partial charge in [-0.15, -0.1) is 0 Å². The van der Waals surface area contributed by atoms with Gasteiger partial charge in [-0.1, -0.05) is 15.9 Å². The first kappa shape index (κ1) is 13.4. The molecule has 20 heavy (non-hydrogen) atoms. The van der Waals surface area contributed by atoms with E-state index in [1.165, 1.54) is 0 Å². The number of nitrogens with zero attached hydrogens (tertiary/aromatic N) is 2. The molecular formula is C14H16BrN3O2. The number of hydrogen-bond donors (Lipinski definition) is 1.